The Morgan fingerprint density at radius 3 is 2.33 bits per heavy atom. The van der Waals surface area contributed by atoms with E-state index in [9.17, 15) is 4.79 Å². The van der Waals surface area contributed by atoms with E-state index in [-0.39, 0.29) is 0 Å². The van der Waals surface area contributed by atoms with Gasteiger partial charge in [-0.15, -0.1) is 0 Å². The molecule has 1 aromatic carbocycles. The van der Waals surface area contributed by atoms with Crippen molar-refractivity contribution in [3.63, 3.8) is 0 Å². The molecular weight excluding hydrogens is 224 g/mol. The molecule has 0 aliphatic heterocycles. The first kappa shape index (κ1) is 14.7. The molecule has 1 aromatic rings. The highest BCUT2D eigenvalue weighted by Crippen LogP contribution is 2.13. The third-order valence-corrected chi connectivity index (χ3v) is 2.97. The van der Waals surface area contributed by atoms with Crippen LogP contribution in [0.15, 0.2) is 24.3 Å². The molecule has 0 amide bonds. The van der Waals surface area contributed by atoms with Crippen molar-refractivity contribution in [1.82, 2.24) is 0 Å². The van der Waals surface area contributed by atoms with Crippen molar-refractivity contribution in [3.8, 4) is 5.75 Å². The van der Waals surface area contributed by atoms with Crippen LogP contribution in [0.5, 0.6) is 5.75 Å². The van der Waals surface area contributed by atoms with Gasteiger partial charge in [0.1, 0.15) is 5.75 Å². The molecule has 0 aromatic heterocycles. The smallest absolute Gasteiger partial charge is 0.203 e. The summed E-state index contributed by atoms with van der Waals surface area (Å²) in [5.74, 6) is 0.887. The Labute approximate surface area is 110 Å². The topological polar surface area (TPSA) is 26.3 Å². The minimum atomic E-state index is 0.359. The largest absolute Gasteiger partial charge is 0.494 e. The second kappa shape index (κ2) is 9.69. The number of hydrogen-bond donors (Lipinski definition) is 0. The fourth-order valence-corrected chi connectivity index (χ4v) is 1.86. The normalized spacial score (nSPS) is 10.3. The highest BCUT2D eigenvalue weighted by molar-refractivity contribution is 5.55. The van der Waals surface area contributed by atoms with Crippen LogP contribution in [-0.4, -0.2) is 12.9 Å². The van der Waals surface area contributed by atoms with Gasteiger partial charge < -0.3 is 4.74 Å². The summed E-state index contributed by atoms with van der Waals surface area (Å²) >= 11 is 0. The lowest BCUT2D eigenvalue weighted by Crippen LogP contribution is -1.97. The maximum Gasteiger partial charge on any atom is 0.203 e. The molecule has 1 rings (SSSR count). The summed E-state index contributed by atoms with van der Waals surface area (Å²) in [5.41, 5.74) is 0.983. The van der Waals surface area contributed by atoms with Crippen LogP contribution in [0, 0.1) is 0 Å². The third-order valence-electron chi connectivity index (χ3n) is 2.97. The molecule has 1 radical (unpaired) electrons. The molecule has 0 atom stereocenters. The Bertz CT molecular complexity index is 316. The van der Waals surface area contributed by atoms with Gasteiger partial charge in [-0.25, -0.2) is 0 Å². The van der Waals surface area contributed by atoms with E-state index in [1.165, 1.54) is 32.1 Å². The van der Waals surface area contributed by atoms with E-state index < -0.39 is 0 Å². The molecule has 0 saturated carbocycles. The highest BCUT2D eigenvalue weighted by Gasteiger charge is 1.96. The van der Waals surface area contributed by atoms with Crippen LogP contribution in [0.2, 0.25) is 0 Å². The zero-order valence-electron chi connectivity index (χ0n) is 11.3. The first-order chi connectivity index (χ1) is 8.86. The van der Waals surface area contributed by atoms with Crippen molar-refractivity contribution >= 4 is 6.29 Å². The Hall–Kier alpha value is -1.31. The maximum absolute atomic E-state index is 10.2. The van der Waals surface area contributed by atoms with Gasteiger partial charge in [-0.2, -0.15) is 0 Å². The van der Waals surface area contributed by atoms with Gasteiger partial charge in [0.15, 0.2) is 0 Å². The predicted octanol–water partition coefficient (Wildman–Crippen LogP) is 4.08. The number of carbonyl (C=O) groups excluding carboxylic acids is 1. The second-order valence-corrected chi connectivity index (χ2v) is 4.58. The van der Waals surface area contributed by atoms with E-state index in [1.807, 2.05) is 30.6 Å². The molecule has 0 spiro atoms. The number of rotatable bonds is 10. The van der Waals surface area contributed by atoms with E-state index in [0.717, 1.165) is 24.3 Å². The maximum atomic E-state index is 10.2. The number of ether oxygens (including phenoxy) is 1. The van der Waals surface area contributed by atoms with Crippen molar-refractivity contribution in [2.45, 2.75) is 51.9 Å². The van der Waals surface area contributed by atoms with E-state index in [1.54, 1.807) is 0 Å². The summed E-state index contributed by atoms with van der Waals surface area (Å²) in [6.45, 7) is 3.01. The van der Waals surface area contributed by atoms with Crippen LogP contribution < -0.4 is 4.74 Å². The molecule has 0 aliphatic carbocycles. The summed E-state index contributed by atoms with van der Waals surface area (Å²) in [4.78, 5) is 10.2. The average Bonchev–Trinajstić information content (AvgIpc) is 2.40. The summed E-state index contributed by atoms with van der Waals surface area (Å²) in [7, 11) is 0. The zero-order chi connectivity index (χ0) is 13.1. The van der Waals surface area contributed by atoms with Crippen LogP contribution in [0.25, 0.3) is 0 Å². The lowest BCUT2D eigenvalue weighted by atomic mass is 10.1. The van der Waals surface area contributed by atoms with E-state index in [2.05, 4.69) is 6.92 Å². The van der Waals surface area contributed by atoms with Crippen molar-refractivity contribution < 1.29 is 9.53 Å². The molecule has 0 N–H and O–H groups in total. The summed E-state index contributed by atoms with van der Waals surface area (Å²) < 4.78 is 5.65. The highest BCUT2D eigenvalue weighted by atomic mass is 16.5. The van der Waals surface area contributed by atoms with Gasteiger partial charge in [0.2, 0.25) is 6.29 Å². The Kier molecular flexibility index (Phi) is 7.94. The average molecular weight is 247 g/mol. The zero-order valence-corrected chi connectivity index (χ0v) is 11.3. The van der Waals surface area contributed by atoms with Crippen LogP contribution >= 0.6 is 0 Å². The molecule has 18 heavy (non-hydrogen) atoms. The van der Waals surface area contributed by atoms with Gasteiger partial charge in [-0.3, -0.25) is 4.79 Å². The quantitative estimate of drug-likeness (QED) is 0.582. The first-order valence-electron chi connectivity index (χ1n) is 6.93. The predicted molar refractivity (Wildman–Crippen MR) is 74.7 cm³/mol. The number of hydrogen-bond acceptors (Lipinski definition) is 2. The third kappa shape index (κ3) is 6.43. The molecule has 0 unspecified atom stereocenters. The Morgan fingerprint density at radius 2 is 1.67 bits per heavy atom. The molecule has 0 bridgehead atoms. The summed E-state index contributed by atoms with van der Waals surface area (Å²) in [5, 5.41) is 0. The molecule has 2 heteroatoms. The van der Waals surface area contributed by atoms with Crippen molar-refractivity contribution in [2.24, 2.45) is 0 Å². The molecule has 99 valence electrons. The standard InChI is InChI=1S/C16H23O2/c1-2-3-4-5-6-7-14-18-16-10-8-15(9-11-16)12-13-17/h8-11H,2-7,12,14H2,1H3. The first-order valence-corrected chi connectivity index (χ1v) is 6.93. The van der Waals surface area contributed by atoms with Crippen molar-refractivity contribution in [2.75, 3.05) is 6.61 Å². The van der Waals surface area contributed by atoms with Crippen LogP contribution in [0.1, 0.15) is 51.0 Å². The minimum absolute atomic E-state index is 0.359. The van der Waals surface area contributed by atoms with Crippen molar-refractivity contribution in [1.29, 1.82) is 0 Å². The second-order valence-electron chi connectivity index (χ2n) is 4.58. The van der Waals surface area contributed by atoms with Crippen LogP contribution in [0.4, 0.5) is 0 Å². The van der Waals surface area contributed by atoms with Gasteiger partial charge >= 0.3 is 0 Å². The number of unbranched alkanes of at least 4 members (excludes halogenated alkanes) is 5. The molecule has 2 nitrogen and oxygen atoms in total. The minimum Gasteiger partial charge on any atom is -0.494 e. The van der Waals surface area contributed by atoms with E-state index >= 15 is 0 Å². The number of benzene rings is 1. The fraction of sp³-hybridized carbons (Fsp3) is 0.562. The van der Waals surface area contributed by atoms with Gasteiger partial charge in [0, 0.05) is 6.42 Å². The molecule has 0 fully saturated rings. The Morgan fingerprint density at radius 1 is 1.00 bits per heavy atom. The molecular formula is C16H23O2. The summed E-state index contributed by atoms with van der Waals surface area (Å²) in [6, 6.07) is 7.68. The van der Waals surface area contributed by atoms with E-state index in [4.69, 9.17) is 4.74 Å². The molecule has 0 saturated heterocycles. The lowest BCUT2D eigenvalue weighted by Gasteiger charge is -2.06. The lowest BCUT2D eigenvalue weighted by molar-refractivity contribution is 0.304. The monoisotopic (exact) mass is 247 g/mol. The van der Waals surface area contributed by atoms with E-state index in [0.29, 0.717) is 6.42 Å². The van der Waals surface area contributed by atoms with Gasteiger partial charge in [-0.1, -0.05) is 51.2 Å². The van der Waals surface area contributed by atoms with Crippen LogP contribution in [0.3, 0.4) is 0 Å². The Balaban J connectivity index is 2.09. The van der Waals surface area contributed by atoms with Gasteiger partial charge in [0.25, 0.3) is 0 Å². The van der Waals surface area contributed by atoms with Gasteiger partial charge in [-0.05, 0) is 24.1 Å². The molecule has 0 aliphatic rings. The van der Waals surface area contributed by atoms with Crippen LogP contribution in [-0.2, 0) is 11.2 Å². The molecule has 0 heterocycles. The van der Waals surface area contributed by atoms with Crippen molar-refractivity contribution in [3.05, 3.63) is 29.8 Å². The fourth-order valence-electron chi connectivity index (χ4n) is 1.86. The summed E-state index contributed by atoms with van der Waals surface area (Å²) in [6.07, 6.45) is 9.90. The van der Waals surface area contributed by atoms with Gasteiger partial charge in [0.05, 0.1) is 6.61 Å². The SMILES string of the molecule is CCCCCCCCOc1ccc(C[C]=O)cc1.